The Labute approximate surface area is 348 Å². The van der Waals surface area contributed by atoms with Gasteiger partial charge in [0.1, 0.15) is 18.0 Å². The second-order valence-corrected chi connectivity index (χ2v) is 22.4. The van der Waals surface area contributed by atoms with Gasteiger partial charge < -0.3 is 35.3 Å². The minimum atomic E-state index is -1.82. The third-order valence-electron chi connectivity index (χ3n) is 12.2. The molecule has 306 valence electrons. The maximum Gasteiger partial charge on any atom is 0.349 e. The molecule has 2 aromatic carbocycles. The molecule has 2 fully saturated rings. The minimum absolute atomic E-state index is 0.0137. The van der Waals surface area contributed by atoms with E-state index >= 15 is 0 Å². The number of phenolic OH excluding ortho intramolecular Hbond substituents is 1. The highest BCUT2D eigenvalue weighted by Crippen LogP contribution is 2.69. The Balaban J connectivity index is 0.921. The average Bonchev–Trinajstić information content (AvgIpc) is 3.77. The Morgan fingerprint density at radius 2 is 1.74 bits per heavy atom. The summed E-state index contributed by atoms with van der Waals surface area (Å²) in [6.07, 6.45) is 2.26. The van der Waals surface area contributed by atoms with Crippen LogP contribution in [0.4, 0.5) is 5.69 Å². The van der Waals surface area contributed by atoms with Crippen LogP contribution in [-0.2, 0) is 26.5 Å². The quantitative estimate of drug-likeness (QED) is 0.0463. The van der Waals surface area contributed by atoms with Crippen molar-refractivity contribution in [3.8, 4) is 5.75 Å². The minimum Gasteiger partial charge on any atom is -0.506 e. The molecule has 1 amide bonds. The van der Waals surface area contributed by atoms with Crippen molar-refractivity contribution in [2.45, 2.75) is 76.0 Å². The number of anilines is 1. The highest BCUT2D eigenvalue weighted by atomic mass is 32.1. The van der Waals surface area contributed by atoms with Crippen LogP contribution in [-0.4, -0.2) is 89.7 Å². The van der Waals surface area contributed by atoms with Gasteiger partial charge in [-0.1, -0.05) is 24.3 Å². The molecule has 4 unspecified atom stereocenters. The van der Waals surface area contributed by atoms with E-state index in [2.05, 4.69) is 47.4 Å². The third-order valence-corrected chi connectivity index (χ3v) is 17.6. The maximum atomic E-state index is 13.6. The number of nitrogens with one attached hydrogen (secondary N) is 2. The van der Waals surface area contributed by atoms with E-state index in [1.54, 1.807) is 30.3 Å². The van der Waals surface area contributed by atoms with Crippen molar-refractivity contribution in [1.82, 2.24) is 14.8 Å². The van der Waals surface area contributed by atoms with Crippen molar-refractivity contribution in [2.24, 2.45) is 11.3 Å². The lowest BCUT2D eigenvalue weighted by atomic mass is 9.84. The Morgan fingerprint density at radius 3 is 2.34 bits per heavy atom. The van der Waals surface area contributed by atoms with Gasteiger partial charge in [0.25, 0.3) is 0 Å². The predicted molar refractivity (Wildman–Crippen MR) is 233 cm³/mol. The first-order valence-corrected chi connectivity index (χ1v) is 23.7. The second-order valence-electron chi connectivity index (χ2n) is 17.1. The number of pyridine rings is 1. The first-order chi connectivity index (χ1) is 27.6. The lowest BCUT2D eigenvalue weighted by Gasteiger charge is -2.30. The lowest BCUT2D eigenvalue weighted by molar-refractivity contribution is -0.164. The molecule has 14 heteroatoms. The Hall–Kier alpha value is -4.15. The van der Waals surface area contributed by atoms with E-state index in [0.29, 0.717) is 53.3 Å². The zero-order valence-corrected chi connectivity index (χ0v) is 36.3. The highest BCUT2D eigenvalue weighted by molar-refractivity contribution is 7.12. The van der Waals surface area contributed by atoms with Gasteiger partial charge in [0, 0.05) is 60.1 Å². The fraction of sp³-hybridized carbons (Fsp3) is 0.432. The number of H-pyrrole nitrogens is 1. The number of nitrogens with zero attached hydrogens (tertiary/aromatic N) is 2. The molecule has 0 radical (unpaired) electrons. The van der Waals surface area contributed by atoms with E-state index < -0.39 is 26.5 Å². The molecule has 11 nitrogen and oxygen atoms in total. The fourth-order valence-electron chi connectivity index (χ4n) is 8.22. The molecule has 3 aromatic heterocycles. The maximum absolute atomic E-state index is 13.6. The number of fused-ring (bicyclic) bond motifs is 2. The van der Waals surface area contributed by atoms with Crippen molar-refractivity contribution < 1.29 is 29.6 Å². The number of amides is 1. The number of aromatic hydroxyl groups is 1. The first-order valence-electron chi connectivity index (χ1n) is 19.8. The Bertz CT molecular complexity index is 2240. The molecule has 58 heavy (non-hydrogen) atoms. The summed E-state index contributed by atoms with van der Waals surface area (Å²) in [7, 11) is 1.18. The number of benzene rings is 2. The standard InChI is InChI=1S/C44H52N4O7S2Si/c1-42(2,3)58(5)27-48(25-34(50)30-14-16-33(49)39-31(30)15-17-37(51)46-39)24-28-10-12-29(13-11-28)45-38(52)19-21-47(4)26-43-20-18-32(43)40(43)55-41(53)44(54,35-8-6-22-56-35)36-9-7-23-57-36/h6-17,22-23,32,34,40,50,54H,18-21,24-27H2,1-5H3,(H2-,45,46,49,51,52)/p+2. The molecule has 0 spiro atoms. The summed E-state index contributed by atoms with van der Waals surface area (Å²) in [6, 6.07) is 21.5. The van der Waals surface area contributed by atoms with Gasteiger partial charge in [-0.15, -0.1) is 22.7 Å². The van der Waals surface area contributed by atoms with Crippen LogP contribution in [0, 0.1) is 11.3 Å². The number of phenols is 1. The predicted octanol–water partition coefficient (Wildman–Crippen LogP) is 6.61. The lowest BCUT2D eigenvalue weighted by Crippen LogP contribution is -2.40. The van der Waals surface area contributed by atoms with E-state index in [1.807, 2.05) is 54.2 Å². The largest absolute Gasteiger partial charge is 0.506 e. The molecule has 2 saturated carbocycles. The first kappa shape index (κ1) is 42.0. The normalized spacial score (nSPS) is 19.5. The molecule has 0 saturated heterocycles. The number of thiophene rings is 2. The van der Waals surface area contributed by atoms with Gasteiger partial charge in [0.05, 0.1) is 33.4 Å². The highest BCUT2D eigenvalue weighted by Gasteiger charge is 2.73. The number of esters is 1. The molecule has 3 heterocycles. The second kappa shape index (κ2) is 16.8. The molecule has 4 atom stereocenters. The molecule has 7 rings (SSSR count). The van der Waals surface area contributed by atoms with E-state index in [9.17, 15) is 29.7 Å². The summed E-state index contributed by atoms with van der Waals surface area (Å²) < 4.78 is 6.09. The van der Waals surface area contributed by atoms with E-state index in [1.165, 1.54) is 28.7 Å². The van der Waals surface area contributed by atoms with Crippen molar-refractivity contribution in [1.29, 1.82) is 0 Å². The molecule has 2 aliphatic carbocycles. The number of hydrogen-bond acceptors (Lipinski definition) is 10. The average molecular weight is 843 g/mol. The van der Waals surface area contributed by atoms with E-state index in [0.717, 1.165) is 35.8 Å². The van der Waals surface area contributed by atoms with Crippen LogP contribution in [0.2, 0.25) is 11.6 Å². The van der Waals surface area contributed by atoms with Crippen molar-refractivity contribution in [3.63, 3.8) is 0 Å². The monoisotopic (exact) mass is 842 g/mol. The zero-order valence-electron chi connectivity index (χ0n) is 33.7. The number of aromatic nitrogens is 1. The molecule has 6 N–H and O–H groups in total. The van der Waals surface area contributed by atoms with Crippen LogP contribution >= 0.6 is 22.7 Å². The van der Waals surface area contributed by atoms with Crippen LogP contribution in [0.3, 0.4) is 0 Å². The number of rotatable bonds is 17. The van der Waals surface area contributed by atoms with Gasteiger partial charge in [0.2, 0.25) is 17.1 Å². The number of carbonyl (C=O) groups excluding carboxylic acids is 2. The van der Waals surface area contributed by atoms with Crippen LogP contribution in [0.25, 0.3) is 10.9 Å². The summed E-state index contributed by atoms with van der Waals surface area (Å²) in [5.41, 5.74) is 0.635. The summed E-state index contributed by atoms with van der Waals surface area (Å²) in [4.78, 5) is 46.9. The zero-order chi connectivity index (χ0) is 41.4. The van der Waals surface area contributed by atoms with Gasteiger partial charge in [-0.25, -0.2) is 4.79 Å². The number of carbonyl (C=O) groups is 2. The van der Waals surface area contributed by atoms with Crippen LogP contribution in [0.1, 0.15) is 67.0 Å². The third kappa shape index (κ3) is 8.74. The molecule has 2 aliphatic rings. The Kier molecular flexibility index (Phi) is 12.2. The van der Waals surface area contributed by atoms with Crippen LogP contribution < -0.4 is 10.9 Å². The Morgan fingerprint density at radius 1 is 1.05 bits per heavy atom. The SMILES string of the molecule is CN(CCC(=O)Nc1ccc(CN(CC([OH2+])c2ccc(O)c3[nH]c(=O)ccc23)C[Si+](C)C(C)(C)C)cc1)CC12CCC1C2OC(=O)C(O)(c1cccs1)c1cccs1. The number of aromatic amines is 1. The summed E-state index contributed by atoms with van der Waals surface area (Å²) in [6.45, 7) is 11.5. The van der Waals surface area contributed by atoms with Gasteiger partial charge >= 0.3 is 14.8 Å². The van der Waals surface area contributed by atoms with Gasteiger partial charge in [-0.05, 0) is 99.4 Å². The summed E-state index contributed by atoms with van der Waals surface area (Å²) in [5.74, 6) is -0.452. The van der Waals surface area contributed by atoms with Gasteiger partial charge in [0.15, 0.2) is 6.10 Å². The van der Waals surface area contributed by atoms with E-state index in [-0.39, 0.29) is 39.7 Å². The number of aliphatic hydroxyl groups is 1. The fourth-order valence-corrected chi connectivity index (χ4v) is 11.3. The van der Waals surface area contributed by atoms with Gasteiger partial charge in [-0.2, -0.15) is 0 Å². The van der Waals surface area contributed by atoms with Crippen molar-refractivity contribution in [3.05, 3.63) is 115 Å². The van der Waals surface area contributed by atoms with Crippen molar-refractivity contribution >= 4 is 59.9 Å². The molecule has 0 bridgehead atoms. The molecular formula is C44H54N4O7S2Si+2. The smallest absolute Gasteiger partial charge is 0.349 e. The molecular weight excluding hydrogens is 789 g/mol. The molecule has 0 aliphatic heterocycles. The number of ether oxygens (including phenoxy) is 1. The topological polar surface area (TPSA) is 158 Å². The van der Waals surface area contributed by atoms with Gasteiger partial charge in [-0.3, -0.25) is 14.5 Å². The summed E-state index contributed by atoms with van der Waals surface area (Å²) in [5, 5.41) is 38.8. The van der Waals surface area contributed by atoms with E-state index in [4.69, 9.17) is 4.74 Å². The molecule has 5 aromatic rings. The summed E-state index contributed by atoms with van der Waals surface area (Å²) >= 11 is 2.67. The number of hydrogen-bond donors (Lipinski definition) is 4. The van der Waals surface area contributed by atoms with Crippen LogP contribution in [0.15, 0.2) is 88.4 Å². The van der Waals surface area contributed by atoms with Crippen molar-refractivity contribution in [2.75, 3.05) is 38.2 Å². The van der Waals surface area contributed by atoms with Crippen LogP contribution in [0.5, 0.6) is 5.75 Å².